The minimum Gasteiger partial charge on any atom is -0.259 e. The third-order valence-corrected chi connectivity index (χ3v) is 0.911. The second-order valence-electron chi connectivity index (χ2n) is 1.80. The Morgan fingerprint density at radius 1 is 1.78 bits per heavy atom. The predicted molar refractivity (Wildman–Crippen MR) is 36.4 cm³/mol. The van der Waals surface area contributed by atoms with Crippen molar-refractivity contribution < 1.29 is 0 Å². The molecule has 1 unspecified atom stereocenters. The van der Waals surface area contributed by atoms with Crippen LogP contribution in [-0.4, -0.2) is 13.1 Å². The summed E-state index contributed by atoms with van der Waals surface area (Å²) < 4.78 is 0. The van der Waals surface area contributed by atoms with Gasteiger partial charge in [-0.25, -0.2) is 5.43 Å². The molecule has 0 aliphatic carbocycles. The van der Waals surface area contributed by atoms with E-state index in [4.69, 9.17) is 5.26 Å². The Morgan fingerprint density at radius 3 is 2.44 bits per heavy atom. The molecular weight excluding hydrogens is 114 g/mol. The zero-order valence-electron chi connectivity index (χ0n) is 5.73. The van der Waals surface area contributed by atoms with Gasteiger partial charge in [-0.05, 0) is 19.5 Å². The molecule has 0 aliphatic heterocycles. The SMILES string of the molecule is C=C(C)C(C#N)NNC. The molecule has 2 N–H and O–H groups in total. The first-order chi connectivity index (χ1) is 4.22. The molecule has 0 radical (unpaired) electrons. The van der Waals surface area contributed by atoms with E-state index in [0.29, 0.717) is 0 Å². The van der Waals surface area contributed by atoms with E-state index in [1.54, 1.807) is 14.0 Å². The average molecular weight is 125 g/mol. The highest BCUT2D eigenvalue weighted by Gasteiger charge is 2.02. The Hall–Kier alpha value is -0.850. The van der Waals surface area contributed by atoms with Crippen LogP contribution >= 0.6 is 0 Å². The summed E-state index contributed by atoms with van der Waals surface area (Å²) in [6.07, 6.45) is 0. The Morgan fingerprint density at radius 2 is 2.33 bits per heavy atom. The standard InChI is InChI=1S/C6H11N3/c1-5(2)6(4-7)9-8-3/h6,8-9H,1H2,2-3H3. The van der Waals surface area contributed by atoms with Crippen LogP contribution in [0.15, 0.2) is 12.2 Å². The molecule has 1 atom stereocenters. The zero-order valence-corrected chi connectivity index (χ0v) is 5.73. The lowest BCUT2D eigenvalue weighted by molar-refractivity contribution is 0.574. The van der Waals surface area contributed by atoms with Gasteiger partial charge in [-0.3, -0.25) is 5.43 Å². The number of hydrogen-bond donors (Lipinski definition) is 2. The minimum atomic E-state index is -0.282. The summed E-state index contributed by atoms with van der Waals surface area (Å²) in [5.74, 6) is 0. The first kappa shape index (κ1) is 8.15. The first-order valence-corrected chi connectivity index (χ1v) is 2.69. The fraction of sp³-hybridized carbons (Fsp3) is 0.500. The van der Waals surface area contributed by atoms with Crippen LogP contribution in [-0.2, 0) is 0 Å². The van der Waals surface area contributed by atoms with Crippen LogP contribution < -0.4 is 10.9 Å². The van der Waals surface area contributed by atoms with Crippen LogP contribution in [0.2, 0.25) is 0 Å². The van der Waals surface area contributed by atoms with Gasteiger partial charge >= 0.3 is 0 Å². The van der Waals surface area contributed by atoms with Crippen molar-refractivity contribution in [1.29, 1.82) is 5.26 Å². The fourth-order valence-electron chi connectivity index (χ4n) is 0.410. The molecule has 0 heterocycles. The van der Waals surface area contributed by atoms with Crippen molar-refractivity contribution in [3.63, 3.8) is 0 Å². The highest BCUT2D eigenvalue weighted by Crippen LogP contribution is 1.92. The van der Waals surface area contributed by atoms with Crippen LogP contribution in [0.3, 0.4) is 0 Å². The van der Waals surface area contributed by atoms with E-state index < -0.39 is 0 Å². The molecule has 3 heteroatoms. The molecule has 0 saturated heterocycles. The van der Waals surface area contributed by atoms with E-state index in [2.05, 4.69) is 17.4 Å². The number of nitrogens with one attached hydrogen (secondary N) is 2. The number of hydrogen-bond acceptors (Lipinski definition) is 3. The van der Waals surface area contributed by atoms with Gasteiger partial charge in [-0.15, -0.1) is 0 Å². The van der Waals surface area contributed by atoms with Crippen LogP contribution in [0, 0.1) is 11.3 Å². The highest BCUT2D eigenvalue weighted by molar-refractivity contribution is 5.12. The molecule has 50 valence electrons. The van der Waals surface area contributed by atoms with Crippen molar-refractivity contribution in [2.24, 2.45) is 0 Å². The van der Waals surface area contributed by atoms with Gasteiger partial charge in [0.05, 0.1) is 6.07 Å². The van der Waals surface area contributed by atoms with Crippen molar-refractivity contribution in [2.75, 3.05) is 7.05 Å². The van der Waals surface area contributed by atoms with Crippen molar-refractivity contribution >= 4 is 0 Å². The topological polar surface area (TPSA) is 47.9 Å². The first-order valence-electron chi connectivity index (χ1n) is 2.69. The normalized spacial score (nSPS) is 12.1. The minimum absolute atomic E-state index is 0.282. The van der Waals surface area contributed by atoms with Gasteiger partial charge in [0.15, 0.2) is 0 Å². The van der Waals surface area contributed by atoms with Gasteiger partial charge < -0.3 is 0 Å². The molecule has 0 aliphatic rings. The van der Waals surface area contributed by atoms with Gasteiger partial charge in [-0.1, -0.05) is 6.58 Å². The molecule has 0 saturated carbocycles. The quantitative estimate of drug-likeness (QED) is 0.418. The molecule has 0 spiro atoms. The number of nitrogens with zero attached hydrogens (tertiary/aromatic N) is 1. The fourth-order valence-corrected chi connectivity index (χ4v) is 0.410. The Kier molecular flexibility index (Phi) is 3.69. The second-order valence-corrected chi connectivity index (χ2v) is 1.80. The van der Waals surface area contributed by atoms with E-state index in [9.17, 15) is 0 Å². The molecule has 0 aromatic heterocycles. The maximum atomic E-state index is 8.41. The largest absolute Gasteiger partial charge is 0.259 e. The van der Waals surface area contributed by atoms with Crippen LogP contribution in [0.5, 0.6) is 0 Å². The number of hydrazine groups is 1. The summed E-state index contributed by atoms with van der Waals surface area (Å²) in [6.45, 7) is 5.42. The molecule has 0 bridgehead atoms. The summed E-state index contributed by atoms with van der Waals surface area (Å²) in [5.41, 5.74) is 6.20. The maximum Gasteiger partial charge on any atom is 0.129 e. The van der Waals surface area contributed by atoms with E-state index in [-0.39, 0.29) is 6.04 Å². The lowest BCUT2D eigenvalue weighted by Crippen LogP contribution is -2.37. The summed E-state index contributed by atoms with van der Waals surface area (Å²) >= 11 is 0. The van der Waals surface area contributed by atoms with E-state index in [0.717, 1.165) is 5.57 Å². The van der Waals surface area contributed by atoms with Crippen LogP contribution in [0.1, 0.15) is 6.92 Å². The molecule has 0 aromatic carbocycles. The summed E-state index contributed by atoms with van der Waals surface area (Å²) in [5, 5.41) is 8.41. The van der Waals surface area contributed by atoms with Gasteiger partial charge in [-0.2, -0.15) is 5.26 Å². The van der Waals surface area contributed by atoms with Gasteiger partial charge in [0.25, 0.3) is 0 Å². The van der Waals surface area contributed by atoms with Crippen molar-refractivity contribution in [2.45, 2.75) is 13.0 Å². The number of rotatable bonds is 3. The summed E-state index contributed by atoms with van der Waals surface area (Å²) in [6, 6.07) is 1.75. The third-order valence-electron chi connectivity index (χ3n) is 0.911. The Labute approximate surface area is 55.3 Å². The van der Waals surface area contributed by atoms with Gasteiger partial charge in [0, 0.05) is 0 Å². The lowest BCUT2D eigenvalue weighted by Gasteiger charge is -2.07. The van der Waals surface area contributed by atoms with Gasteiger partial charge in [0.1, 0.15) is 6.04 Å². The Balaban J connectivity index is 3.72. The molecule has 9 heavy (non-hydrogen) atoms. The lowest BCUT2D eigenvalue weighted by atomic mass is 10.2. The third kappa shape index (κ3) is 2.85. The molecule has 0 rings (SSSR count). The molecular formula is C6H11N3. The predicted octanol–water partition coefficient (Wildman–Crippen LogP) is 0.179. The van der Waals surface area contributed by atoms with E-state index in [1.165, 1.54) is 0 Å². The molecule has 0 amide bonds. The van der Waals surface area contributed by atoms with Crippen LogP contribution in [0.4, 0.5) is 0 Å². The molecule has 0 aromatic rings. The van der Waals surface area contributed by atoms with Crippen LogP contribution in [0.25, 0.3) is 0 Å². The second kappa shape index (κ2) is 4.07. The van der Waals surface area contributed by atoms with Crippen molar-refractivity contribution in [3.8, 4) is 6.07 Å². The van der Waals surface area contributed by atoms with E-state index in [1.807, 2.05) is 6.07 Å². The highest BCUT2D eigenvalue weighted by atomic mass is 15.3. The summed E-state index contributed by atoms with van der Waals surface area (Å²) in [4.78, 5) is 0. The van der Waals surface area contributed by atoms with Crippen molar-refractivity contribution in [1.82, 2.24) is 10.9 Å². The smallest absolute Gasteiger partial charge is 0.129 e. The Bertz CT molecular complexity index is 134. The van der Waals surface area contributed by atoms with Crippen molar-refractivity contribution in [3.05, 3.63) is 12.2 Å². The van der Waals surface area contributed by atoms with E-state index >= 15 is 0 Å². The summed E-state index contributed by atoms with van der Waals surface area (Å²) in [7, 11) is 1.72. The molecule has 3 nitrogen and oxygen atoms in total. The maximum absolute atomic E-state index is 8.41. The molecule has 0 fully saturated rings. The van der Waals surface area contributed by atoms with Gasteiger partial charge in [0.2, 0.25) is 0 Å². The average Bonchev–Trinajstić information content (AvgIpc) is 1.82. The number of nitriles is 1. The zero-order chi connectivity index (χ0) is 7.28. The monoisotopic (exact) mass is 125 g/mol.